The Morgan fingerprint density at radius 2 is 2.16 bits per heavy atom. The molecule has 3 rings (SSSR count). The molecule has 0 aliphatic heterocycles. The van der Waals surface area contributed by atoms with Gasteiger partial charge in [-0.2, -0.15) is 5.10 Å². The maximum absolute atomic E-state index is 5.93. The number of aromatic nitrogens is 4. The van der Waals surface area contributed by atoms with E-state index >= 15 is 0 Å². The van der Waals surface area contributed by atoms with Gasteiger partial charge in [0.1, 0.15) is 11.3 Å². The zero-order valence-corrected chi connectivity index (χ0v) is 12.6. The van der Waals surface area contributed by atoms with Crippen molar-refractivity contribution in [3.8, 4) is 0 Å². The number of aryl methyl sites for hydroxylation is 3. The number of imidazole rings is 1. The zero-order valence-electron chi connectivity index (χ0n) is 11.9. The van der Waals surface area contributed by atoms with Crippen LogP contribution in [0.15, 0.2) is 0 Å². The Morgan fingerprint density at radius 3 is 2.79 bits per heavy atom. The molecule has 4 nitrogen and oxygen atoms in total. The molecule has 0 radical (unpaired) electrons. The molecule has 1 aliphatic rings. The molecule has 2 aromatic rings. The van der Waals surface area contributed by atoms with E-state index in [9.17, 15) is 0 Å². The Hall–Kier alpha value is -1.03. The predicted octanol–water partition coefficient (Wildman–Crippen LogP) is 3.22. The molecule has 0 amide bonds. The molecule has 2 aromatic heterocycles. The summed E-state index contributed by atoms with van der Waals surface area (Å²) in [6, 6.07) is 0.477. The summed E-state index contributed by atoms with van der Waals surface area (Å²) < 4.78 is 4.31. The van der Waals surface area contributed by atoms with Crippen LogP contribution in [0.3, 0.4) is 0 Å². The third kappa shape index (κ3) is 2.27. The summed E-state index contributed by atoms with van der Waals surface area (Å²) in [4.78, 5) is 4.77. The van der Waals surface area contributed by atoms with Crippen molar-refractivity contribution < 1.29 is 0 Å². The molecule has 0 saturated heterocycles. The quantitative estimate of drug-likeness (QED) is 0.789. The Kier molecular flexibility index (Phi) is 3.29. The van der Waals surface area contributed by atoms with Gasteiger partial charge in [-0.1, -0.05) is 12.8 Å². The van der Waals surface area contributed by atoms with E-state index in [0.717, 1.165) is 35.0 Å². The third-order valence-corrected chi connectivity index (χ3v) is 4.23. The molecule has 1 saturated carbocycles. The number of hydrogen-bond donors (Lipinski definition) is 0. The summed E-state index contributed by atoms with van der Waals surface area (Å²) in [6.45, 7) is 4.31. The smallest absolute Gasteiger partial charge is 0.158 e. The van der Waals surface area contributed by atoms with Crippen LogP contribution in [-0.4, -0.2) is 25.2 Å². The largest absolute Gasteiger partial charge is 0.310 e. The van der Waals surface area contributed by atoms with Gasteiger partial charge >= 0.3 is 0 Å². The second kappa shape index (κ2) is 4.82. The van der Waals surface area contributed by atoms with Crippen molar-refractivity contribution in [2.75, 3.05) is 5.88 Å². The van der Waals surface area contributed by atoms with Crippen LogP contribution in [0, 0.1) is 12.8 Å². The molecule has 0 N–H and O–H groups in total. The predicted molar refractivity (Wildman–Crippen MR) is 77.7 cm³/mol. The lowest BCUT2D eigenvalue weighted by Gasteiger charge is -2.17. The van der Waals surface area contributed by atoms with Gasteiger partial charge in [0, 0.05) is 25.4 Å². The Labute approximate surface area is 118 Å². The van der Waals surface area contributed by atoms with E-state index in [0.29, 0.717) is 11.9 Å². The first kappa shape index (κ1) is 13.0. The van der Waals surface area contributed by atoms with Gasteiger partial charge in [-0.15, -0.1) is 11.6 Å². The van der Waals surface area contributed by atoms with Gasteiger partial charge in [0.25, 0.3) is 0 Å². The van der Waals surface area contributed by atoms with Crippen LogP contribution < -0.4 is 0 Å². The fourth-order valence-electron chi connectivity index (χ4n) is 3.01. The maximum atomic E-state index is 5.93. The molecular weight excluding hydrogens is 260 g/mol. The van der Waals surface area contributed by atoms with Gasteiger partial charge in [0.15, 0.2) is 5.65 Å². The number of hydrogen-bond acceptors (Lipinski definition) is 2. The molecule has 1 unspecified atom stereocenters. The molecule has 1 atom stereocenters. The topological polar surface area (TPSA) is 35.6 Å². The SMILES string of the molecule is Cc1nn(C)c2c1nc(CCCl)n2C(C)CC1CC1. The first-order valence-corrected chi connectivity index (χ1v) is 7.61. The van der Waals surface area contributed by atoms with Crippen molar-refractivity contribution in [3.05, 3.63) is 11.5 Å². The molecular formula is C14H21ClN4. The fraction of sp³-hybridized carbons (Fsp3) is 0.714. The monoisotopic (exact) mass is 280 g/mol. The number of rotatable bonds is 5. The van der Waals surface area contributed by atoms with Crippen LogP contribution in [0.2, 0.25) is 0 Å². The van der Waals surface area contributed by atoms with Crippen LogP contribution in [0.4, 0.5) is 0 Å². The van der Waals surface area contributed by atoms with E-state index in [1.54, 1.807) is 0 Å². The van der Waals surface area contributed by atoms with Gasteiger partial charge in [0.05, 0.1) is 5.69 Å². The van der Waals surface area contributed by atoms with Gasteiger partial charge in [-0.05, 0) is 26.2 Å². The highest BCUT2D eigenvalue weighted by atomic mass is 35.5. The summed E-state index contributed by atoms with van der Waals surface area (Å²) in [5.74, 6) is 2.63. The van der Waals surface area contributed by atoms with Crippen LogP contribution >= 0.6 is 11.6 Å². The fourth-order valence-corrected chi connectivity index (χ4v) is 3.18. The molecule has 1 aliphatic carbocycles. The highest BCUT2D eigenvalue weighted by Gasteiger charge is 2.27. The molecule has 0 bridgehead atoms. The third-order valence-electron chi connectivity index (χ3n) is 4.04. The van der Waals surface area contributed by atoms with E-state index in [-0.39, 0.29) is 0 Å². The van der Waals surface area contributed by atoms with Gasteiger partial charge in [-0.25, -0.2) is 4.98 Å². The Balaban J connectivity index is 2.08. The summed E-state index contributed by atoms with van der Waals surface area (Å²) in [7, 11) is 2.00. The molecule has 1 fully saturated rings. The summed E-state index contributed by atoms with van der Waals surface area (Å²) >= 11 is 5.93. The van der Waals surface area contributed by atoms with E-state index in [1.165, 1.54) is 19.3 Å². The molecule has 104 valence electrons. The maximum Gasteiger partial charge on any atom is 0.158 e. The van der Waals surface area contributed by atoms with Gasteiger partial charge in [-0.3, -0.25) is 4.68 Å². The van der Waals surface area contributed by atoms with Crippen molar-refractivity contribution >= 4 is 22.8 Å². The number of halogens is 1. The van der Waals surface area contributed by atoms with E-state index in [1.807, 2.05) is 18.7 Å². The van der Waals surface area contributed by atoms with Crippen molar-refractivity contribution in [1.82, 2.24) is 19.3 Å². The van der Waals surface area contributed by atoms with E-state index in [4.69, 9.17) is 16.6 Å². The molecule has 2 heterocycles. The molecule has 19 heavy (non-hydrogen) atoms. The average Bonchev–Trinajstić information content (AvgIpc) is 3.00. The first-order chi connectivity index (χ1) is 9.11. The van der Waals surface area contributed by atoms with Gasteiger partial charge in [0.2, 0.25) is 0 Å². The molecule has 0 aromatic carbocycles. The van der Waals surface area contributed by atoms with Crippen LogP contribution in [0.25, 0.3) is 11.2 Å². The highest BCUT2D eigenvalue weighted by molar-refractivity contribution is 6.17. The Morgan fingerprint density at radius 1 is 1.42 bits per heavy atom. The molecule has 0 spiro atoms. The second-order valence-corrected chi connectivity index (χ2v) is 6.12. The lowest BCUT2D eigenvalue weighted by Crippen LogP contribution is -2.13. The summed E-state index contributed by atoms with van der Waals surface area (Å²) in [5.41, 5.74) is 3.18. The van der Waals surface area contributed by atoms with Crippen molar-refractivity contribution in [1.29, 1.82) is 0 Å². The van der Waals surface area contributed by atoms with Crippen molar-refractivity contribution in [3.63, 3.8) is 0 Å². The number of fused-ring (bicyclic) bond motifs is 1. The second-order valence-electron chi connectivity index (χ2n) is 5.75. The summed E-state index contributed by atoms with van der Waals surface area (Å²) in [6.07, 6.45) is 4.84. The average molecular weight is 281 g/mol. The minimum atomic E-state index is 0.477. The normalized spacial score (nSPS) is 17.3. The van der Waals surface area contributed by atoms with E-state index < -0.39 is 0 Å². The van der Waals surface area contributed by atoms with Crippen LogP contribution in [-0.2, 0) is 13.5 Å². The van der Waals surface area contributed by atoms with Gasteiger partial charge < -0.3 is 4.57 Å². The van der Waals surface area contributed by atoms with Crippen molar-refractivity contribution in [2.45, 2.75) is 45.6 Å². The highest BCUT2D eigenvalue weighted by Crippen LogP contribution is 2.38. The van der Waals surface area contributed by atoms with E-state index in [2.05, 4.69) is 16.6 Å². The lowest BCUT2D eigenvalue weighted by atomic mass is 10.1. The minimum absolute atomic E-state index is 0.477. The zero-order chi connectivity index (χ0) is 13.6. The number of alkyl halides is 1. The lowest BCUT2D eigenvalue weighted by molar-refractivity contribution is 0.466. The minimum Gasteiger partial charge on any atom is -0.310 e. The van der Waals surface area contributed by atoms with Crippen LogP contribution in [0.5, 0.6) is 0 Å². The number of nitrogens with zero attached hydrogens (tertiary/aromatic N) is 4. The van der Waals surface area contributed by atoms with Crippen LogP contribution in [0.1, 0.15) is 43.7 Å². The Bertz CT molecular complexity index is 594. The summed E-state index contributed by atoms with van der Waals surface area (Å²) in [5, 5.41) is 4.49. The molecule has 5 heteroatoms. The standard InChI is InChI=1S/C14H21ClN4/c1-9(8-11-4-5-11)19-12(6-7-15)16-13-10(2)17-18(3)14(13)19/h9,11H,4-8H2,1-3H3. The first-order valence-electron chi connectivity index (χ1n) is 7.08. The van der Waals surface area contributed by atoms with Crippen molar-refractivity contribution in [2.24, 2.45) is 13.0 Å².